The van der Waals surface area contributed by atoms with Gasteiger partial charge in [-0.3, -0.25) is 4.79 Å². The number of nitrogens with one attached hydrogen (secondary N) is 1. The molecule has 1 aromatic carbocycles. The quantitative estimate of drug-likeness (QED) is 0.912. The molecule has 0 bridgehead atoms. The first kappa shape index (κ1) is 17.9. The van der Waals surface area contributed by atoms with Crippen LogP contribution in [0.3, 0.4) is 0 Å². The molecule has 1 amide bonds. The van der Waals surface area contributed by atoms with Gasteiger partial charge in [0.25, 0.3) is 5.91 Å². The van der Waals surface area contributed by atoms with Crippen LogP contribution in [0.25, 0.3) is 10.9 Å². The van der Waals surface area contributed by atoms with E-state index in [4.69, 9.17) is 0 Å². The molecular weight excluding hydrogens is 338 g/mol. The Labute approximate surface area is 150 Å². The second-order valence-corrected chi connectivity index (χ2v) is 6.90. The average molecular weight is 358 g/mol. The molecule has 1 aromatic heterocycles. The van der Waals surface area contributed by atoms with Crippen LogP contribution in [0, 0.1) is 28.9 Å². The standard InChI is InChI=1S/C19H20F2N4O/c1-11-4-14(8-22)25(9-11)12(2)10-24(3)19(26)18-7-15-16(21)5-13(20)6-17(15)23-18/h5-7,11,14,23H,2,4,9-10H2,1,3H3. The number of H-pyrrole nitrogens is 1. The molecule has 0 spiro atoms. The van der Waals surface area contributed by atoms with Crippen molar-refractivity contribution in [3.05, 3.63) is 47.8 Å². The van der Waals surface area contributed by atoms with Crippen molar-refractivity contribution in [2.75, 3.05) is 20.1 Å². The van der Waals surface area contributed by atoms with Crippen LogP contribution in [0.5, 0.6) is 0 Å². The highest BCUT2D eigenvalue weighted by molar-refractivity contribution is 5.98. The van der Waals surface area contributed by atoms with Crippen LogP contribution in [0.15, 0.2) is 30.5 Å². The number of rotatable bonds is 4. The number of halogens is 2. The molecule has 136 valence electrons. The monoisotopic (exact) mass is 358 g/mol. The van der Waals surface area contributed by atoms with Gasteiger partial charge in [-0.2, -0.15) is 5.26 Å². The molecule has 0 radical (unpaired) electrons. The van der Waals surface area contributed by atoms with Gasteiger partial charge < -0.3 is 14.8 Å². The summed E-state index contributed by atoms with van der Waals surface area (Å²) in [6, 6.07) is 5.35. The van der Waals surface area contributed by atoms with Crippen LogP contribution in [-0.2, 0) is 0 Å². The van der Waals surface area contributed by atoms with E-state index in [1.54, 1.807) is 7.05 Å². The van der Waals surface area contributed by atoms with Gasteiger partial charge in [-0.15, -0.1) is 0 Å². The zero-order valence-corrected chi connectivity index (χ0v) is 14.7. The minimum Gasteiger partial charge on any atom is -0.358 e. The Morgan fingerprint density at radius 1 is 1.46 bits per heavy atom. The number of likely N-dealkylation sites (tertiary alicyclic amines) is 1. The van der Waals surface area contributed by atoms with Crippen molar-refractivity contribution >= 4 is 16.8 Å². The number of benzene rings is 1. The lowest BCUT2D eigenvalue weighted by Gasteiger charge is -2.27. The summed E-state index contributed by atoms with van der Waals surface area (Å²) < 4.78 is 27.1. The van der Waals surface area contributed by atoms with E-state index in [-0.39, 0.29) is 35.1 Å². The molecule has 1 N–H and O–H groups in total. The van der Waals surface area contributed by atoms with Gasteiger partial charge in [-0.1, -0.05) is 13.5 Å². The number of aromatic nitrogens is 1. The first-order valence-corrected chi connectivity index (χ1v) is 8.37. The SMILES string of the molecule is C=C(CN(C)C(=O)c1cc2c(F)cc(F)cc2[nH]1)N1CC(C)CC1C#N. The van der Waals surface area contributed by atoms with Gasteiger partial charge in [0.05, 0.1) is 18.1 Å². The molecule has 2 heterocycles. The second kappa shape index (κ2) is 6.79. The number of carbonyl (C=O) groups excluding carboxylic acids is 1. The van der Waals surface area contributed by atoms with Gasteiger partial charge in [0, 0.05) is 30.7 Å². The Morgan fingerprint density at radius 2 is 2.19 bits per heavy atom. The molecule has 1 fully saturated rings. The van der Waals surface area contributed by atoms with Crippen LogP contribution in [0.1, 0.15) is 23.8 Å². The third kappa shape index (κ3) is 3.27. The van der Waals surface area contributed by atoms with E-state index in [1.165, 1.54) is 11.0 Å². The Kier molecular flexibility index (Phi) is 4.68. The van der Waals surface area contributed by atoms with Crippen molar-refractivity contribution in [2.24, 2.45) is 5.92 Å². The zero-order valence-electron chi connectivity index (χ0n) is 14.7. The predicted octanol–water partition coefficient (Wildman–Crippen LogP) is 3.27. The molecular formula is C19H20F2N4O. The number of hydrogen-bond donors (Lipinski definition) is 1. The van der Waals surface area contributed by atoms with Crippen LogP contribution in [-0.4, -0.2) is 46.9 Å². The van der Waals surface area contributed by atoms with E-state index in [0.717, 1.165) is 25.1 Å². The molecule has 7 heteroatoms. The average Bonchev–Trinajstić information content (AvgIpc) is 3.17. The minimum absolute atomic E-state index is 0.167. The fourth-order valence-electron chi connectivity index (χ4n) is 3.44. The lowest BCUT2D eigenvalue weighted by molar-refractivity contribution is 0.0792. The first-order chi connectivity index (χ1) is 12.3. The van der Waals surface area contributed by atoms with Gasteiger partial charge in [-0.05, 0) is 24.5 Å². The lowest BCUT2D eigenvalue weighted by atomic mass is 10.1. The molecule has 1 aliphatic rings. The molecule has 1 saturated heterocycles. The van der Waals surface area contributed by atoms with Crippen LogP contribution >= 0.6 is 0 Å². The summed E-state index contributed by atoms with van der Waals surface area (Å²) in [5, 5.41) is 9.44. The van der Waals surface area contributed by atoms with Crippen LogP contribution in [0.2, 0.25) is 0 Å². The topological polar surface area (TPSA) is 63.1 Å². The molecule has 5 nitrogen and oxygen atoms in total. The summed E-state index contributed by atoms with van der Waals surface area (Å²) in [6.45, 7) is 7.07. The molecule has 1 aliphatic heterocycles. The third-order valence-electron chi connectivity index (χ3n) is 4.71. The lowest BCUT2D eigenvalue weighted by Crippen LogP contribution is -2.36. The summed E-state index contributed by atoms with van der Waals surface area (Å²) in [5.74, 6) is -1.39. The van der Waals surface area contributed by atoms with Gasteiger partial charge in [0.1, 0.15) is 23.4 Å². The van der Waals surface area contributed by atoms with Crippen molar-refractivity contribution < 1.29 is 13.6 Å². The molecule has 2 unspecified atom stereocenters. The number of fused-ring (bicyclic) bond motifs is 1. The smallest absolute Gasteiger partial charge is 0.270 e. The third-order valence-corrected chi connectivity index (χ3v) is 4.71. The molecule has 26 heavy (non-hydrogen) atoms. The molecule has 2 atom stereocenters. The summed E-state index contributed by atoms with van der Waals surface area (Å²) in [5.41, 5.74) is 1.09. The number of nitrogens with zero attached hydrogens (tertiary/aromatic N) is 3. The van der Waals surface area contributed by atoms with Gasteiger partial charge in [0.15, 0.2) is 0 Å². The second-order valence-electron chi connectivity index (χ2n) is 6.90. The van der Waals surface area contributed by atoms with Gasteiger partial charge >= 0.3 is 0 Å². The van der Waals surface area contributed by atoms with E-state index in [0.29, 0.717) is 11.6 Å². The van der Waals surface area contributed by atoms with Crippen molar-refractivity contribution in [1.82, 2.24) is 14.8 Å². The fraction of sp³-hybridized carbons (Fsp3) is 0.368. The highest BCUT2D eigenvalue weighted by Crippen LogP contribution is 2.26. The highest BCUT2D eigenvalue weighted by atomic mass is 19.1. The van der Waals surface area contributed by atoms with Gasteiger partial charge in [-0.25, -0.2) is 8.78 Å². The summed E-state index contributed by atoms with van der Waals surface area (Å²) >= 11 is 0. The fourth-order valence-corrected chi connectivity index (χ4v) is 3.44. The van der Waals surface area contributed by atoms with E-state index in [1.807, 2.05) is 4.90 Å². The Bertz CT molecular complexity index is 914. The van der Waals surface area contributed by atoms with E-state index in [9.17, 15) is 18.8 Å². The zero-order chi connectivity index (χ0) is 19.0. The van der Waals surface area contributed by atoms with E-state index in [2.05, 4.69) is 24.6 Å². The maximum absolute atomic E-state index is 13.8. The van der Waals surface area contributed by atoms with E-state index < -0.39 is 11.6 Å². The minimum atomic E-state index is -0.717. The summed E-state index contributed by atoms with van der Waals surface area (Å²) in [4.78, 5) is 18.8. The molecule has 0 saturated carbocycles. The van der Waals surface area contributed by atoms with Crippen LogP contribution in [0.4, 0.5) is 8.78 Å². The van der Waals surface area contributed by atoms with Crippen molar-refractivity contribution in [3.8, 4) is 6.07 Å². The maximum atomic E-state index is 13.8. The summed E-state index contributed by atoms with van der Waals surface area (Å²) in [6.07, 6.45) is 0.778. The van der Waals surface area contributed by atoms with Crippen molar-refractivity contribution in [2.45, 2.75) is 19.4 Å². The number of likely N-dealkylation sites (N-methyl/N-ethyl adjacent to an activating group) is 1. The maximum Gasteiger partial charge on any atom is 0.270 e. The van der Waals surface area contributed by atoms with Crippen molar-refractivity contribution in [3.63, 3.8) is 0 Å². The largest absolute Gasteiger partial charge is 0.358 e. The Balaban J connectivity index is 1.75. The number of aromatic amines is 1. The van der Waals surface area contributed by atoms with Crippen LogP contribution < -0.4 is 0 Å². The molecule has 3 rings (SSSR count). The molecule has 2 aromatic rings. The predicted molar refractivity (Wildman–Crippen MR) is 94.2 cm³/mol. The number of nitriles is 1. The highest BCUT2D eigenvalue weighted by Gasteiger charge is 2.31. The normalized spacial score (nSPS) is 19.6. The Morgan fingerprint density at radius 3 is 2.88 bits per heavy atom. The number of hydrogen-bond acceptors (Lipinski definition) is 3. The molecule has 0 aliphatic carbocycles. The number of carbonyl (C=O) groups is 1. The van der Waals surface area contributed by atoms with Crippen molar-refractivity contribution in [1.29, 1.82) is 5.26 Å². The first-order valence-electron chi connectivity index (χ1n) is 8.37. The van der Waals surface area contributed by atoms with Gasteiger partial charge in [0.2, 0.25) is 0 Å². The van der Waals surface area contributed by atoms with E-state index >= 15 is 0 Å². The number of amides is 1. The Hall–Kier alpha value is -2.88. The summed E-state index contributed by atoms with van der Waals surface area (Å²) in [7, 11) is 1.61.